The van der Waals surface area contributed by atoms with E-state index in [4.69, 9.17) is 9.47 Å². The fraction of sp³-hybridized carbons (Fsp3) is 0.556. The number of aryl methyl sites for hydroxylation is 1. The number of ether oxygens (including phenoxy) is 2. The molecule has 0 saturated carbocycles. The Kier molecular flexibility index (Phi) is 5.98. The quantitative estimate of drug-likeness (QED) is 0.711. The molecule has 0 radical (unpaired) electrons. The Balaban J connectivity index is 2.60. The van der Waals surface area contributed by atoms with E-state index in [2.05, 4.69) is 0 Å². The Hall–Kier alpha value is -1.97. The van der Waals surface area contributed by atoms with E-state index in [1.54, 1.807) is 26.0 Å². The lowest BCUT2D eigenvalue weighted by molar-refractivity contribution is -0.184. The van der Waals surface area contributed by atoms with Gasteiger partial charge in [0.1, 0.15) is 0 Å². The highest BCUT2D eigenvalue weighted by atomic mass is 32.2. The molecule has 1 saturated heterocycles. The van der Waals surface area contributed by atoms with Gasteiger partial charge in [0.15, 0.2) is 11.1 Å². The first-order valence-electron chi connectivity index (χ1n) is 8.72. The van der Waals surface area contributed by atoms with Crippen molar-refractivity contribution in [2.75, 3.05) is 19.8 Å². The van der Waals surface area contributed by atoms with E-state index < -0.39 is 33.1 Å². The number of hydrogen-bond donors (Lipinski definition) is 1. The van der Waals surface area contributed by atoms with Gasteiger partial charge >= 0.3 is 11.9 Å². The fourth-order valence-electron chi connectivity index (χ4n) is 3.23. The van der Waals surface area contributed by atoms with Gasteiger partial charge in [-0.2, -0.15) is 4.31 Å². The summed E-state index contributed by atoms with van der Waals surface area (Å²) in [6.07, 6.45) is -0.285. The van der Waals surface area contributed by atoms with Crippen LogP contribution in [0.3, 0.4) is 0 Å². The molecule has 1 heterocycles. The van der Waals surface area contributed by atoms with Crippen LogP contribution in [0.4, 0.5) is 0 Å². The predicted molar refractivity (Wildman–Crippen MR) is 96.3 cm³/mol. The number of benzene rings is 1. The Morgan fingerprint density at radius 2 is 1.63 bits per heavy atom. The molecule has 9 heteroatoms. The Bertz CT molecular complexity index is 821. The molecule has 1 aromatic carbocycles. The lowest BCUT2D eigenvalue weighted by atomic mass is 9.82. The fourth-order valence-corrected chi connectivity index (χ4v) is 5.00. The molecule has 0 spiro atoms. The van der Waals surface area contributed by atoms with Crippen LogP contribution in [0.15, 0.2) is 29.2 Å². The van der Waals surface area contributed by atoms with E-state index in [1.807, 2.05) is 6.92 Å². The summed E-state index contributed by atoms with van der Waals surface area (Å²) in [5, 5.41) is 11.1. The molecule has 0 aliphatic carbocycles. The van der Waals surface area contributed by atoms with Crippen LogP contribution in [0, 0.1) is 6.92 Å². The van der Waals surface area contributed by atoms with Gasteiger partial charge < -0.3 is 14.6 Å². The second kappa shape index (κ2) is 7.57. The van der Waals surface area contributed by atoms with Crippen molar-refractivity contribution in [2.24, 2.45) is 0 Å². The number of aliphatic hydroxyl groups is 1. The molecule has 1 aliphatic rings. The topological polar surface area (TPSA) is 110 Å². The largest absolute Gasteiger partial charge is 0.464 e. The molecule has 2 rings (SSSR count). The number of carbonyl (C=O) groups is 2. The smallest absolute Gasteiger partial charge is 0.340 e. The van der Waals surface area contributed by atoms with E-state index >= 15 is 0 Å². The van der Waals surface area contributed by atoms with E-state index in [9.17, 15) is 23.1 Å². The number of sulfonamides is 1. The molecular formula is C18H25NO7S. The van der Waals surface area contributed by atoms with Gasteiger partial charge in [-0.25, -0.2) is 18.0 Å². The first-order valence-corrected chi connectivity index (χ1v) is 10.2. The van der Waals surface area contributed by atoms with Crippen LogP contribution < -0.4 is 0 Å². The maximum absolute atomic E-state index is 13.2. The van der Waals surface area contributed by atoms with E-state index in [1.165, 1.54) is 19.1 Å². The van der Waals surface area contributed by atoms with E-state index in [0.29, 0.717) is 0 Å². The summed E-state index contributed by atoms with van der Waals surface area (Å²) in [5.74, 6) is -2.06. The molecule has 1 aliphatic heterocycles. The molecular weight excluding hydrogens is 374 g/mol. The lowest BCUT2D eigenvalue weighted by Crippen LogP contribution is -2.66. The summed E-state index contributed by atoms with van der Waals surface area (Å²) in [6, 6.07) is 6.08. The number of nitrogens with zero attached hydrogens (tertiary/aromatic N) is 1. The number of carbonyl (C=O) groups excluding carboxylic acids is 2. The number of rotatable bonds is 6. The monoisotopic (exact) mass is 399 g/mol. The molecule has 150 valence electrons. The van der Waals surface area contributed by atoms with E-state index in [-0.39, 0.29) is 31.1 Å². The lowest BCUT2D eigenvalue weighted by Gasteiger charge is -2.39. The summed E-state index contributed by atoms with van der Waals surface area (Å²) < 4.78 is 37.2. The first kappa shape index (κ1) is 21.3. The van der Waals surface area contributed by atoms with Gasteiger partial charge in [0.2, 0.25) is 10.0 Å². The summed E-state index contributed by atoms with van der Waals surface area (Å²) >= 11 is 0. The van der Waals surface area contributed by atoms with Crippen molar-refractivity contribution >= 4 is 22.0 Å². The number of hydrogen-bond acceptors (Lipinski definition) is 7. The van der Waals surface area contributed by atoms with Crippen molar-refractivity contribution < 1.29 is 32.6 Å². The second-order valence-corrected chi connectivity index (χ2v) is 8.38. The molecule has 0 amide bonds. The molecule has 1 fully saturated rings. The molecule has 1 N–H and O–H groups in total. The first-order chi connectivity index (χ1) is 12.6. The molecule has 0 bridgehead atoms. The van der Waals surface area contributed by atoms with Gasteiger partial charge in [0, 0.05) is 13.0 Å². The zero-order valence-electron chi connectivity index (χ0n) is 15.9. The van der Waals surface area contributed by atoms with Crippen LogP contribution in [0.2, 0.25) is 0 Å². The minimum atomic E-state index is -4.18. The van der Waals surface area contributed by atoms with Gasteiger partial charge in [-0.3, -0.25) is 0 Å². The third-order valence-corrected chi connectivity index (χ3v) is 6.87. The minimum Gasteiger partial charge on any atom is -0.464 e. The molecule has 27 heavy (non-hydrogen) atoms. The van der Waals surface area contributed by atoms with Crippen LogP contribution in [0.5, 0.6) is 0 Å². The molecule has 0 unspecified atom stereocenters. The van der Waals surface area contributed by atoms with Crippen LogP contribution in [0.25, 0.3) is 0 Å². The van der Waals surface area contributed by atoms with Crippen molar-refractivity contribution in [2.45, 2.75) is 50.2 Å². The zero-order valence-corrected chi connectivity index (χ0v) is 16.7. The minimum absolute atomic E-state index is 0.0231. The van der Waals surface area contributed by atoms with Crippen molar-refractivity contribution in [1.82, 2.24) is 4.31 Å². The normalized spacial score (nSPS) is 26.0. The van der Waals surface area contributed by atoms with Crippen molar-refractivity contribution in [3.63, 3.8) is 0 Å². The predicted octanol–water partition coefficient (Wildman–Crippen LogP) is 1.01. The summed E-state index contributed by atoms with van der Waals surface area (Å²) in [7, 11) is -4.18. The van der Waals surface area contributed by atoms with Crippen LogP contribution in [-0.2, 0) is 29.1 Å². The van der Waals surface area contributed by atoms with Crippen molar-refractivity contribution in [3.8, 4) is 0 Å². The number of esters is 2. The van der Waals surface area contributed by atoms with Gasteiger partial charge in [-0.15, -0.1) is 0 Å². The second-order valence-electron chi connectivity index (χ2n) is 6.51. The summed E-state index contributed by atoms with van der Waals surface area (Å²) in [5.41, 5.74) is -3.64. The zero-order chi connectivity index (χ0) is 20.5. The van der Waals surface area contributed by atoms with Gasteiger partial charge in [-0.1, -0.05) is 17.7 Å². The summed E-state index contributed by atoms with van der Waals surface area (Å²) in [4.78, 5) is 25.1. The molecule has 0 aromatic heterocycles. The Morgan fingerprint density at radius 1 is 1.11 bits per heavy atom. The maximum atomic E-state index is 13.2. The highest BCUT2D eigenvalue weighted by Gasteiger charge is 2.69. The molecule has 1 aromatic rings. The average Bonchev–Trinajstić information content (AvgIpc) is 2.90. The van der Waals surface area contributed by atoms with Crippen molar-refractivity contribution in [1.29, 1.82) is 0 Å². The molecule has 8 nitrogen and oxygen atoms in total. The van der Waals surface area contributed by atoms with Gasteiger partial charge in [0.25, 0.3) is 0 Å². The highest BCUT2D eigenvalue weighted by molar-refractivity contribution is 7.89. The third kappa shape index (κ3) is 3.35. The van der Waals surface area contributed by atoms with Crippen LogP contribution >= 0.6 is 0 Å². The van der Waals surface area contributed by atoms with Crippen molar-refractivity contribution in [3.05, 3.63) is 29.8 Å². The SMILES string of the molecule is CCOC(=O)[C@@]1(C)N(S(=O)(=O)c2ccc(C)cc2)CC[C@]1(O)C(=O)OCC. The highest BCUT2D eigenvalue weighted by Crippen LogP contribution is 2.43. The van der Waals surface area contributed by atoms with E-state index in [0.717, 1.165) is 9.87 Å². The standard InChI is InChI=1S/C18H25NO7S/c1-5-25-15(20)17(4)18(22,16(21)26-6-2)11-12-19(17)27(23,24)14-9-7-13(3)8-10-14/h7-10,22H,5-6,11-12H2,1-4H3/t17-,18+/m1/s1. The van der Waals surface area contributed by atoms with Crippen LogP contribution in [0.1, 0.15) is 32.8 Å². The maximum Gasteiger partial charge on any atom is 0.340 e. The summed E-state index contributed by atoms with van der Waals surface area (Å²) in [6.45, 7) is 5.82. The molecule has 2 atom stereocenters. The van der Waals surface area contributed by atoms with Crippen LogP contribution in [-0.4, -0.2) is 60.7 Å². The van der Waals surface area contributed by atoms with Gasteiger partial charge in [-0.05, 0) is 39.8 Å². The van der Waals surface area contributed by atoms with Gasteiger partial charge in [0.05, 0.1) is 18.1 Å². The average molecular weight is 399 g/mol. The Morgan fingerprint density at radius 3 is 2.15 bits per heavy atom. The third-order valence-electron chi connectivity index (χ3n) is 4.88. The Labute approximate surface area is 159 Å².